The second kappa shape index (κ2) is 3.23. The molecule has 2 nitrogen and oxygen atoms in total. The molecule has 0 unspecified atom stereocenters. The van der Waals surface area contributed by atoms with E-state index in [0.29, 0.717) is 12.0 Å². The fourth-order valence-corrected chi connectivity index (χ4v) is 1.90. The average Bonchev–Trinajstić information content (AvgIpc) is 2.54. The van der Waals surface area contributed by atoms with Gasteiger partial charge < -0.3 is 5.73 Å². The molecule has 12 heavy (non-hydrogen) atoms. The third-order valence-corrected chi connectivity index (χ3v) is 2.58. The first-order chi connectivity index (χ1) is 5.86. The fraction of sp³-hybridized carbons (Fsp3) is 0.500. The first-order valence-corrected chi connectivity index (χ1v) is 4.53. The van der Waals surface area contributed by atoms with Crippen LogP contribution in [0.2, 0.25) is 0 Å². The summed E-state index contributed by atoms with van der Waals surface area (Å²) in [4.78, 5) is 4.34. The Morgan fingerprint density at radius 1 is 1.33 bits per heavy atom. The minimum absolute atomic E-state index is 0.400. The topological polar surface area (TPSA) is 38.9 Å². The second-order valence-electron chi connectivity index (χ2n) is 3.52. The maximum absolute atomic E-state index is 5.83. The van der Waals surface area contributed by atoms with Crippen LogP contribution in [-0.4, -0.2) is 11.0 Å². The molecular weight excluding hydrogens is 148 g/mol. The molecule has 2 heteroatoms. The van der Waals surface area contributed by atoms with Crippen LogP contribution in [0.25, 0.3) is 0 Å². The van der Waals surface area contributed by atoms with Gasteiger partial charge in [-0.15, -0.1) is 0 Å². The summed E-state index contributed by atoms with van der Waals surface area (Å²) >= 11 is 0. The number of rotatable bonds is 1. The molecule has 1 fully saturated rings. The fourth-order valence-electron chi connectivity index (χ4n) is 1.90. The van der Waals surface area contributed by atoms with Crippen LogP contribution in [0.1, 0.15) is 30.9 Å². The van der Waals surface area contributed by atoms with Gasteiger partial charge in [0.05, 0.1) is 0 Å². The van der Waals surface area contributed by atoms with Crippen LogP contribution in [0, 0.1) is 0 Å². The van der Waals surface area contributed by atoms with E-state index in [1.165, 1.54) is 12.1 Å². The lowest BCUT2D eigenvalue weighted by atomic mass is 10.0. The predicted octanol–water partition coefficient (Wildman–Crippen LogP) is 1.68. The van der Waals surface area contributed by atoms with Gasteiger partial charge in [0.2, 0.25) is 0 Å². The monoisotopic (exact) mass is 162 g/mol. The van der Waals surface area contributed by atoms with Crippen LogP contribution in [0.5, 0.6) is 0 Å². The lowest BCUT2D eigenvalue weighted by Crippen LogP contribution is -2.14. The molecule has 1 aliphatic rings. The van der Waals surface area contributed by atoms with Crippen molar-refractivity contribution in [2.24, 2.45) is 5.73 Å². The van der Waals surface area contributed by atoms with Crippen molar-refractivity contribution in [3.05, 3.63) is 30.1 Å². The van der Waals surface area contributed by atoms with Crippen molar-refractivity contribution in [3.63, 3.8) is 0 Å². The summed E-state index contributed by atoms with van der Waals surface area (Å²) in [5.74, 6) is 0.612. The maximum atomic E-state index is 5.83. The standard InChI is InChI=1S/C10H14N2/c11-9-5-4-8(7-9)10-3-1-2-6-12-10/h1-3,6,8-9H,4-5,7,11H2/t8-,9+/m1/s1. The van der Waals surface area contributed by atoms with E-state index in [-0.39, 0.29) is 0 Å². The smallest absolute Gasteiger partial charge is 0.0435 e. The van der Waals surface area contributed by atoms with Crippen molar-refractivity contribution in [1.82, 2.24) is 4.98 Å². The molecule has 0 saturated heterocycles. The van der Waals surface area contributed by atoms with Gasteiger partial charge in [0, 0.05) is 23.9 Å². The molecule has 0 amide bonds. The van der Waals surface area contributed by atoms with Crippen molar-refractivity contribution >= 4 is 0 Å². The Morgan fingerprint density at radius 3 is 2.83 bits per heavy atom. The van der Waals surface area contributed by atoms with Gasteiger partial charge in [-0.2, -0.15) is 0 Å². The van der Waals surface area contributed by atoms with E-state index in [9.17, 15) is 0 Å². The Labute approximate surface area is 72.8 Å². The molecule has 0 radical (unpaired) electrons. The highest BCUT2D eigenvalue weighted by Crippen LogP contribution is 2.31. The van der Waals surface area contributed by atoms with E-state index in [4.69, 9.17) is 5.73 Å². The van der Waals surface area contributed by atoms with Crippen LogP contribution in [-0.2, 0) is 0 Å². The zero-order chi connectivity index (χ0) is 8.39. The van der Waals surface area contributed by atoms with Crippen molar-refractivity contribution < 1.29 is 0 Å². The molecule has 1 aliphatic carbocycles. The highest BCUT2D eigenvalue weighted by atomic mass is 14.7. The van der Waals surface area contributed by atoms with Gasteiger partial charge in [0.25, 0.3) is 0 Å². The van der Waals surface area contributed by atoms with Gasteiger partial charge >= 0.3 is 0 Å². The van der Waals surface area contributed by atoms with E-state index < -0.39 is 0 Å². The first kappa shape index (κ1) is 7.74. The van der Waals surface area contributed by atoms with Gasteiger partial charge in [0.1, 0.15) is 0 Å². The summed E-state index contributed by atoms with van der Waals surface area (Å²) < 4.78 is 0. The second-order valence-corrected chi connectivity index (χ2v) is 3.52. The lowest BCUT2D eigenvalue weighted by Gasteiger charge is -2.07. The molecule has 2 atom stereocenters. The van der Waals surface area contributed by atoms with Gasteiger partial charge in [-0.25, -0.2) is 0 Å². The molecule has 1 heterocycles. The van der Waals surface area contributed by atoms with Crippen LogP contribution in [0.3, 0.4) is 0 Å². The molecule has 64 valence electrons. The third-order valence-electron chi connectivity index (χ3n) is 2.58. The molecule has 1 aromatic heterocycles. The molecule has 0 bridgehead atoms. The summed E-state index contributed by atoms with van der Waals surface area (Å²) in [6.07, 6.45) is 5.33. The van der Waals surface area contributed by atoms with Crippen molar-refractivity contribution in [2.75, 3.05) is 0 Å². The Bertz CT molecular complexity index is 245. The molecular formula is C10H14N2. The van der Waals surface area contributed by atoms with Crippen LogP contribution >= 0.6 is 0 Å². The normalized spacial score (nSPS) is 29.1. The van der Waals surface area contributed by atoms with E-state index >= 15 is 0 Å². The van der Waals surface area contributed by atoms with E-state index in [1.54, 1.807) is 0 Å². The average molecular weight is 162 g/mol. The maximum Gasteiger partial charge on any atom is 0.0435 e. The summed E-state index contributed by atoms with van der Waals surface area (Å²) in [7, 11) is 0. The van der Waals surface area contributed by atoms with E-state index in [2.05, 4.69) is 11.1 Å². The number of nitrogens with zero attached hydrogens (tertiary/aromatic N) is 1. The van der Waals surface area contributed by atoms with E-state index in [1.807, 2.05) is 18.3 Å². The number of nitrogens with two attached hydrogens (primary N) is 1. The molecule has 0 aliphatic heterocycles. The Kier molecular flexibility index (Phi) is 2.09. The first-order valence-electron chi connectivity index (χ1n) is 4.53. The Hall–Kier alpha value is -0.890. The Balaban J connectivity index is 2.11. The molecule has 2 N–H and O–H groups in total. The largest absolute Gasteiger partial charge is 0.328 e. The number of hydrogen-bond donors (Lipinski definition) is 1. The summed E-state index contributed by atoms with van der Waals surface area (Å²) in [6, 6.07) is 6.50. The van der Waals surface area contributed by atoms with Crippen LogP contribution in [0.15, 0.2) is 24.4 Å². The van der Waals surface area contributed by atoms with Crippen LogP contribution < -0.4 is 5.73 Å². The molecule has 0 spiro atoms. The summed E-state index contributed by atoms with van der Waals surface area (Å²) in [5.41, 5.74) is 7.05. The zero-order valence-electron chi connectivity index (χ0n) is 7.11. The SMILES string of the molecule is N[C@H]1CC[C@@H](c2ccccn2)C1. The Morgan fingerprint density at radius 2 is 2.25 bits per heavy atom. The van der Waals surface area contributed by atoms with Crippen molar-refractivity contribution in [2.45, 2.75) is 31.2 Å². The minimum Gasteiger partial charge on any atom is -0.328 e. The summed E-state index contributed by atoms with van der Waals surface area (Å²) in [6.45, 7) is 0. The van der Waals surface area contributed by atoms with Gasteiger partial charge in [-0.05, 0) is 31.4 Å². The highest BCUT2D eigenvalue weighted by Gasteiger charge is 2.23. The zero-order valence-corrected chi connectivity index (χ0v) is 7.11. The van der Waals surface area contributed by atoms with Crippen molar-refractivity contribution in [1.29, 1.82) is 0 Å². The minimum atomic E-state index is 0.400. The highest BCUT2D eigenvalue weighted by molar-refractivity contribution is 5.11. The molecule has 2 rings (SSSR count). The van der Waals surface area contributed by atoms with Crippen molar-refractivity contribution in [3.8, 4) is 0 Å². The molecule has 0 aromatic carbocycles. The lowest BCUT2D eigenvalue weighted by molar-refractivity contribution is 0.662. The number of pyridine rings is 1. The van der Waals surface area contributed by atoms with Gasteiger partial charge in [0.15, 0.2) is 0 Å². The summed E-state index contributed by atoms with van der Waals surface area (Å²) in [5, 5.41) is 0. The quantitative estimate of drug-likeness (QED) is 0.682. The molecule has 1 aromatic rings. The third kappa shape index (κ3) is 1.48. The number of aromatic nitrogens is 1. The van der Waals surface area contributed by atoms with E-state index in [0.717, 1.165) is 12.8 Å². The van der Waals surface area contributed by atoms with Gasteiger partial charge in [-0.1, -0.05) is 6.07 Å². The molecule has 1 saturated carbocycles. The predicted molar refractivity (Wildman–Crippen MR) is 48.8 cm³/mol. The van der Waals surface area contributed by atoms with Crippen LogP contribution in [0.4, 0.5) is 0 Å². The number of hydrogen-bond acceptors (Lipinski definition) is 2. The van der Waals surface area contributed by atoms with Gasteiger partial charge in [-0.3, -0.25) is 4.98 Å².